The Morgan fingerprint density at radius 1 is 1.23 bits per heavy atom. The van der Waals surface area contributed by atoms with Gasteiger partial charge in [0.25, 0.3) is 5.56 Å². The number of aromatic nitrogens is 2. The third-order valence-corrected chi connectivity index (χ3v) is 6.06. The van der Waals surface area contributed by atoms with Gasteiger partial charge in [-0.2, -0.15) is 10.2 Å². The second-order valence-corrected chi connectivity index (χ2v) is 8.02. The van der Waals surface area contributed by atoms with Gasteiger partial charge >= 0.3 is 0 Å². The number of hydrogen-bond acceptors (Lipinski definition) is 6. The molecule has 0 saturated carbocycles. The first kappa shape index (κ1) is 22.1. The number of thioether (sulfide) groups is 1. The molecule has 0 fully saturated rings. The molecule has 1 atom stereocenters. The summed E-state index contributed by atoms with van der Waals surface area (Å²) in [4.78, 5) is 29.0. The van der Waals surface area contributed by atoms with Crippen molar-refractivity contribution in [2.45, 2.75) is 36.7 Å². The molecule has 1 heterocycles. The number of carbonyl (C=O) groups excluding carboxylic acids is 1. The smallest absolute Gasteiger partial charge is 0.275 e. The predicted molar refractivity (Wildman–Crippen MR) is 123 cm³/mol. The van der Waals surface area contributed by atoms with Gasteiger partial charge in [-0.1, -0.05) is 61.2 Å². The van der Waals surface area contributed by atoms with Crippen LogP contribution in [0, 0.1) is 11.3 Å². The van der Waals surface area contributed by atoms with Crippen LogP contribution >= 0.6 is 11.8 Å². The lowest BCUT2D eigenvalue weighted by molar-refractivity contribution is -0.115. The number of nitrogen functional groups attached to an aromatic ring is 1. The standard InChI is InChI=1S/C23H23N5O2S/c1-2-19(22(30)26-18-11-7-6-10-17(18)15-24)31-23-27-21(29)14-20(25)28(23)13-12-16-8-4-3-5-9-16/h3-11,14,19H,2,12-13,25H2,1H3,(H,26,30)/t19-/m1/s1. The van der Waals surface area contributed by atoms with E-state index < -0.39 is 10.8 Å². The summed E-state index contributed by atoms with van der Waals surface area (Å²) in [5.41, 5.74) is 7.65. The van der Waals surface area contributed by atoms with Crippen molar-refractivity contribution in [2.75, 3.05) is 11.1 Å². The summed E-state index contributed by atoms with van der Waals surface area (Å²) >= 11 is 1.20. The van der Waals surface area contributed by atoms with E-state index in [4.69, 9.17) is 5.73 Å². The molecule has 3 aromatic rings. The lowest BCUT2D eigenvalue weighted by atomic mass is 10.1. The Labute approximate surface area is 184 Å². The summed E-state index contributed by atoms with van der Waals surface area (Å²) in [5.74, 6) is 0.0463. The maximum Gasteiger partial charge on any atom is 0.275 e. The molecule has 1 aromatic heterocycles. The predicted octanol–water partition coefficient (Wildman–Crippen LogP) is 3.45. The molecule has 0 bridgehead atoms. The van der Waals surface area contributed by atoms with Gasteiger partial charge in [0.05, 0.1) is 16.5 Å². The van der Waals surface area contributed by atoms with Crippen molar-refractivity contribution in [3.63, 3.8) is 0 Å². The van der Waals surface area contributed by atoms with E-state index in [1.807, 2.05) is 37.3 Å². The zero-order valence-electron chi connectivity index (χ0n) is 17.1. The number of nitrogens with two attached hydrogens (primary N) is 1. The normalized spacial score (nSPS) is 11.5. The Bertz CT molecular complexity index is 1150. The summed E-state index contributed by atoms with van der Waals surface area (Å²) in [6, 6.07) is 20.1. The molecule has 0 aliphatic carbocycles. The number of nitriles is 1. The lowest BCUT2D eigenvalue weighted by Gasteiger charge is -2.19. The van der Waals surface area contributed by atoms with Crippen LogP contribution in [-0.2, 0) is 17.8 Å². The van der Waals surface area contributed by atoms with Crippen molar-refractivity contribution in [3.05, 3.63) is 82.1 Å². The van der Waals surface area contributed by atoms with Gasteiger partial charge in [0.15, 0.2) is 5.16 Å². The van der Waals surface area contributed by atoms with Gasteiger partial charge < -0.3 is 15.6 Å². The highest BCUT2D eigenvalue weighted by Gasteiger charge is 2.22. The van der Waals surface area contributed by atoms with E-state index in [-0.39, 0.29) is 5.91 Å². The Morgan fingerprint density at radius 3 is 2.65 bits per heavy atom. The molecule has 0 saturated heterocycles. The first-order chi connectivity index (χ1) is 15.0. The number of nitrogens with zero attached hydrogens (tertiary/aromatic N) is 3. The van der Waals surface area contributed by atoms with Crippen molar-refractivity contribution in [1.82, 2.24) is 9.55 Å². The maximum atomic E-state index is 12.9. The lowest BCUT2D eigenvalue weighted by Crippen LogP contribution is -2.27. The van der Waals surface area contributed by atoms with Crippen LogP contribution in [-0.4, -0.2) is 20.7 Å². The fourth-order valence-electron chi connectivity index (χ4n) is 3.05. The summed E-state index contributed by atoms with van der Waals surface area (Å²) in [5, 5.41) is 11.9. The van der Waals surface area contributed by atoms with E-state index in [0.29, 0.717) is 41.6 Å². The van der Waals surface area contributed by atoms with Crippen LogP contribution in [0.1, 0.15) is 24.5 Å². The fraction of sp³-hybridized carbons (Fsp3) is 0.217. The number of hydrogen-bond donors (Lipinski definition) is 2. The van der Waals surface area contributed by atoms with Gasteiger partial charge in [0.2, 0.25) is 5.91 Å². The molecule has 0 radical (unpaired) electrons. The molecule has 31 heavy (non-hydrogen) atoms. The molecule has 0 aliphatic rings. The van der Waals surface area contributed by atoms with E-state index >= 15 is 0 Å². The molecule has 1 amide bonds. The van der Waals surface area contributed by atoms with E-state index in [1.165, 1.54) is 17.8 Å². The minimum Gasteiger partial charge on any atom is -0.385 e. The van der Waals surface area contributed by atoms with Crippen LogP contribution in [0.4, 0.5) is 11.5 Å². The number of anilines is 2. The Balaban J connectivity index is 1.81. The van der Waals surface area contributed by atoms with Gasteiger partial charge in [-0.3, -0.25) is 9.59 Å². The molecule has 7 nitrogen and oxygen atoms in total. The molecule has 158 valence electrons. The average Bonchev–Trinajstić information content (AvgIpc) is 2.77. The number of carbonyl (C=O) groups is 1. The van der Waals surface area contributed by atoms with Gasteiger partial charge in [-0.05, 0) is 30.5 Å². The van der Waals surface area contributed by atoms with Crippen molar-refractivity contribution in [1.29, 1.82) is 5.26 Å². The summed E-state index contributed by atoms with van der Waals surface area (Å²) in [7, 11) is 0. The van der Waals surface area contributed by atoms with Gasteiger partial charge in [-0.25, -0.2) is 0 Å². The first-order valence-corrected chi connectivity index (χ1v) is 10.8. The highest BCUT2D eigenvalue weighted by Crippen LogP contribution is 2.26. The zero-order chi connectivity index (χ0) is 22.2. The van der Waals surface area contributed by atoms with Crippen molar-refractivity contribution in [2.24, 2.45) is 0 Å². The average molecular weight is 434 g/mol. The van der Waals surface area contributed by atoms with Crippen LogP contribution in [0.2, 0.25) is 0 Å². The third kappa shape index (κ3) is 5.74. The second-order valence-electron chi connectivity index (χ2n) is 6.85. The summed E-state index contributed by atoms with van der Waals surface area (Å²) < 4.78 is 1.76. The molecular formula is C23H23N5O2S. The topological polar surface area (TPSA) is 114 Å². The largest absolute Gasteiger partial charge is 0.385 e. The monoisotopic (exact) mass is 433 g/mol. The highest BCUT2D eigenvalue weighted by molar-refractivity contribution is 8.00. The van der Waals surface area contributed by atoms with Gasteiger partial charge in [0.1, 0.15) is 11.9 Å². The number of aryl methyl sites for hydroxylation is 1. The first-order valence-electron chi connectivity index (χ1n) is 9.89. The molecule has 2 aromatic carbocycles. The van der Waals surface area contributed by atoms with Gasteiger partial charge in [-0.15, -0.1) is 0 Å². The number of nitrogens with one attached hydrogen (secondary N) is 1. The van der Waals surface area contributed by atoms with Crippen LogP contribution in [0.5, 0.6) is 0 Å². The quantitative estimate of drug-likeness (QED) is 0.415. The second kappa shape index (κ2) is 10.5. The number of para-hydroxylation sites is 1. The molecule has 0 spiro atoms. The molecule has 3 N–H and O–H groups in total. The van der Waals surface area contributed by atoms with E-state index in [2.05, 4.69) is 16.4 Å². The SMILES string of the molecule is CC[C@@H](Sc1nc(=O)cc(N)n1CCc1ccccc1)C(=O)Nc1ccccc1C#N. The Morgan fingerprint density at radius 2 is 1.94 bits per heavy atom. The minimum absolute atomic E-state index is 0.263. The molecule has 0 unspecified atom stereocenters. The number of benzene rings is 2. The van der Waals surface area contributed by atoms with E-state index in [0.717, 1.165) is 5.56 Å². The van der Waals surface area contributed by atoms with Crippen LogP contribution in [0.25, 0.3) is 0 Å². The Kier molecular flexibility index (Phi) is 7.46. The van der Waals surface area contributed by atoms with Crippen molar-refractivity contribution < 1.29 is 4.79 Å². The van der Waals surface area contributed by atoms with Crippen molar-refractivity contribution >= 4 is 29.2 Å². The minimum atomic E-state index is -0.511. The van der Waals surface area contributed by atoms with Gasteiger partial charge in [0, 0.05) is 12.6 Å². The Hall–Kier alpha value is -3.57. The maximum absolute atomic E-state index is 12.9. The fourth-order valence-corrected chi connectivity index (χ4v) is 4.11. The van der Waals surface area contributed by atoms with Crippen LogP contribution < -0.4 is 16.6 Å². The van der Waals surface area contributed by atoms with Crippen LogP contribution in [0.3, 0.4) is 0 Å². The molecule has 0 aliphatic heterocycles. The molecular weight excluding hydrogens is 410 g/mol. The highest BCUT2D eigenvalue weighted by atomic mass is 32.2. The molecule has 8 heteroatoms. The summed E-state index contributed by atoms with van der Waals surface area (Å²) in [6.07, 6.45) is 1.22. The summed E-state index contributed by atoms with van der Waals surface area (Å²) in [6.45, 7) is 2.41. The molecule has 3 rings (SSSR count). The van der Waals surface area contributed by atoms with E-state index in [9.17, 15) is 14.9 Å². The number of amides is 1. The third-order valence-electron chi connectivity index (χ3n) is 4.70. The zero-order valence-corrected chi connectivity index (χ0v) is 17.9. The number of rotatable bonds is 8. The van der Waals surface area contributed by atoms with Crippen LogP contribution in [0.15, 0.2) is 70.6 Å². The van der Waals surface area contributed by atoms with E-state index in [1.54, 1.807) is 28.8 Å². The van der Waals surface area contributed by atoms with Crippen molar-refractivity contribution in [3.8, 4) is 6.07 Å².